The highest BCUT2D eigenvalue weighted by Crippen LogP contribution is 2.33. The SMILES string of the molecule is O=C1C=Cc2c(OS(=O)(=O)C(F)(F)F)cccc21. The molecule has 1 aliphatic rings. The predicted molar refractivity (Wildman–Crippen MR) is 55.4 cm³/mol. The van der Waals surface area contributed by atoms with Crippen molar-refractivity contribution in [2.24, 2.45) is 0 Å². The number of allylic oxidation sites excluding steroid dienone is 1. The number of hydrogen-bond donors (Lipinski definition) is 0. The van der Waals surface area contributed by atoms with Crippen LogP contribution in [-0.4, -0.2) is 19.7 Å². The minimum atomic E-state index is -5.74. The van der Waals surface area contributed by atoms with E-state index < -0.39 is 27.2 Å². The van der Waals surface area contributed by atoms with Gasteiger partial charge in [-0.15, -0.1) is 0 Å². The number of fused-ring (bicyclic) bond motifs is 1. The minimum Gasteiger partial charge on any atom is -0.375 e. The smallest absolute Gasteiger partial charge is 0.375 e. The Morgan fingerprint density at radius 1 is 1.11 bits per heavy atom. The lowest BCUT2D eigenvalue weighted by atomic mass is 10.1. The molecule has 96 valence electrons. The maximum atomic E-state index is 12.1. The van der Waals surface area contributed by atoms with Gasteiger partial charge >= 0.3 is 15.6 Å². The number of carbonyl (C=O) groups excluding carboxylic acids is 1. The fraction of sp³-hybridized carbons (Fsp3) is 0.100. The summed E-state index contributed by atoms with van der Waals surface area (Å²) in [6.07, 6.45) is 2.33. The maximum absolute atomic E-state index is 12.1. The summed E-state index contributed by atoms with van der Waals surface area (Å²) in [6.45, 7) is 0. The van der Waals surface area contributed by atoms with Gasteiger partial charge in [0.2, 0.25) is 0 Å². The van der Waals surface area contributed by atoms with E-state index in [-0.39, 0.29) is 11.1 Å². The van der Waals surface area contributed by atoms with Crippen molar-refractivity contribution in [1.82, 2.24) is 0 Å². The van der Waals surface area contributed by atoms with Gasteiger partial charge in [0.25, 0.3) is 0 Å². The number of ketones is 1. The van der Waals surface area contributed by atoms with E-state index in [1.54, 1.807) is 0 Å². The van der Waals surface area contributed by atoms with E-state index in [2.05, 4.69) is 4.18 Å². The third kappa shape index (κ3) is 1.99. The van der Waals surface area contributed by atoms with Crippen LogP contribution in [-0.2, 0) is 10.1 Å². The van der Waals surface area contributed by atoms with Crippen LogP contribution in [0.5, 0.6) is 5.75 Å². The summed E-state index contributed by atoms with van der Waals surface area (Å²) in [6, 6.07) is 3.65. The summed E-state index contributed by atoms with van der Waals surface area (Å²) in [4.78, 5) is 11.3. The first kappa shape index (κ1) is 12.6. The van der Waals surface area contributed by atoms with Gasteiger partial charge in [-0.2, -0.15) is 21.6 Å². The molecule has 0 aliphatic heterocycles. The van der Waals surface area contributed by atoms with Gasteiger partial charge in [-0.25, -0.2) is 0 Å². The standard InChI is InChI=1S/C10H5F3O4S/c11-10(12,13)18(15,16)17-9-3-1-2-6-7(9)4-5-8(6)14/h1-5H. The van der Waals surface area contributed by atoms with Crippen molar-refractivity contribution in [3.05, 3.63) is 35.4 Å². The zero-order valence-corrected chi connectivity index (χ0v) is 9.38. The molecule has 1 aromatic rings. The van der Waals surface area contributed by atoms with Gasteiger partial charge in [0.05, 0.1) is 0 Å². The molecule has 0 fully saturated rings. The molecule has 0 aromatic heterocycles. The van der Waals surface area contributed by atoms with Crippen molar-refractivity contribution in [3.8, 4) is 5.75 Å². The number of rotatable bonds is 2. The van der Waals surface area contributed by atoms with E-state index >= 15 is 0 Å². The Morgan fingerprint density at radius 3 is 2.39 bits per heavy atom. The molecule has 8 heteroatoms. The molecule has 1 aliphatic carbocycles. The molecule has 4 nitrogen and oxygen atoms in total. The van der Waals surface area contributed by atoms with Gasteiger partial charge < -0.3 is 4.18 Å². The lowest BCUT2D eigenvalue weighted by molar-refractivity contribution is -0.0500. The van der Waals surface area contributed by atoms with Gasteiger partial charge in [0.1, 0.15) is 0 Å². The van der Waals surface area contributed by atoms with Gasteiger partial charge in [0, 0.05) is 11.1 Å². The Morgan fingerprint density at radius 2 is 1.78 bits per heavy atom. The van der Waals surface area contributed by atoms with Crippen LogP contribution >= 0.6 is 0 Å². The van der Waals surface area contributed by atoms with Crippen molar-refractivity contribution >= 4 is 22.0 Å². The molecular formula is C10H5F3O4S. The zero-order valence-electron chi connectivity index (χ0n) is 8.56. The number of alkyl halides is 3. The van der Waals surface area contributed by atoms with E-state index in [1.165, 1.54) is 18.2 Å². The topological polar surface area (TPSA) is 60.4 Å². The fourth-order valence-corrected chi connectivity index (χ4v) is 1.89. The van der Waals surface area contributed by atoms with Crippen LogP contribution in [0.2, 0.25) is 0 Å². The second kappa shape index (κ2) is 3.84. The van der Waals surface area contributed by atoms with Crippen LogP contribution in [0.25, 0.3) is 6.08 Å². The lowest BCUT2D eigenvalue weighted by Gasteiger charge is -2.11. The third-order valence-corrected chi connectivity index (χ3v) is 3.18. The van der Waals surface area contributed by atoms with Crippen LogP contribution in [0, 0.1) is 0 Å². The summed E-state index contributed by atoms with van der Waals surface area (Å²) in [5.41, 5.74) is -5.39. The van der Waals surface area contributed by atoms with E-state index in [4.69, 9.17) is 0 Å². The van der Waals surface area contributed by atoms with Gasteiger partial charge in [-0.1, -0.05) is 12.1 Å². The highest BCUT2D eigenvalue weighted by Gasteiger charge is 2.48. The van der Waals surface area contributed by atoms with E-state index in [1.807, 2.05) is 0 Å². The Hall–Kier alpha value is -1.83. The third-order valence-electron chi connectivity index (χ3n) is 2.22. The molecule has 2 rings (SSSR count). The van der Waals surface area contributed by atoms with E-state index in [0.717, 1.165) is 12.1 Å². The molecule has 0 amide bonds. The first-order valence-corrected chi connectivity index (χ1v) is 5.99. The molecule has 0 N–H and O–H groups in total. The van der Waals surface area contributed by atoms with E-state index in [0.29, 0.717) is 0 Å². The lowest BCUT2D eigenvalue weighted by Crippen LogP contribution is -2.28. The highest BCUT2D eigenvalue weighted by molar-refractivity contribution is 7.88. The average Bonchev–Trinajstić information content (AvgIpc) is 2.60. The normalized spacial score (nSPS) is 14.7. The Labute approximate surface area is 99.8 Å². The van der Waals surface area contributed by atoms with Crippen molar-refractivity contribution < 1.29 is 30.6 Å². The molecule has 18 heavy (non-hydrogen) atoms. The summed E-state index contributed by atoms with van der Waals surface area (Å²) >= 11 is 0. The summed E-state index contributed by atoms with van der Waals surface area (Å²) < 4.78 is 62.1. The molecule has 0 radical (unpaired) electrons. The van der Waals surface area contributed by atoms with Gasteiger partial charge in [-0.05, 0) is 18.2 Å². The Balaban J connectivity index is 2.45. The first-order chi connectivity index (χ1) is 8.22. The average molecular weight is 278 g/mol. The van der Waals surface area contributed by atoms with Crippen molar-refractivity contribution in [2.45, 2.75) is 5.51 Å². The van der Waals surface area contributed by atoms with Crippen LogP contribution in [0.1, 0.15) is 15.9 Å². The molecule has 0 unspecified atom stereocenters. The largest absolute Gasteiger partial charge is 0.534 e. The maximum Gasteiger partial charge on any atom is 0.534 e. The molecule has 0 saturated heterocycles. The van der Waals surface area contributed by atoms with Crippen molar-refractivity contribution in [3.63, 3.8) is 0 Å². The van der Waals surface area contributed by atoms with Gasteiger partial charge in [-0.3, -0.25) is 4.79 Å². The molecule has 0 saturated carbocycles. The Bertz CT molecular complexity index is 644. The van der Waals surface area contributed by atoms with Crippen LogP contribution in [0.3, 0.4) is 0 Å². The summed E-state index contributed by atoms with van der Waals surface area (Å²) in [5, 5.41) is 0. The molecule has 0 spiro atoms. The second-order valence-electron chi connectivity index (χ2n) is 3.40. The molecule has 0 atom stereocenters. The fourth-order valence-electron chi connectivity index (χ4n) is 1.42. The number of hydrogen-bond acceptors (Lipinski definition) is 4. The van der Waals surface area contributed by atoms with E-state index in [9.17, 15) is 26.4 Å². The van der Waals surface area contributed by atoms with Crippen LogP contribution in [0.4, 0.5) is 13.2 Å². The number of benzene rings is 1. The zero-order chi connectivity index (χ0) is 13.6. The predicted octanol–water partition coefficient (Wildman–Crippen LogP) is 2.12. The summed E-state index contributed by atoms with van der Waals surface area (Å²) in [7, 11) is -5.74. The minimum absolute atomic E-state index is 0.0234. The number of halogens is 3. The molecular weight excluding hydrogens is 273 g/mol. The number of carbonyl (C=O) groups is 1. The Kier molecular flexibility index (Phi) is 2.69. The summed E-state index contributed by atoms with van der Waals surface area (Å²) in [5.74, 6) is -0.938. The molecule has 1 aromatic carbocycles. The van der Waals surface area contributed by atoms with Crippen molar-refractivity contribution in [2.75, 3.05) is 0 Å². The highest BCUT2D eigenvalue weighted by atomic mass is 32.2. The first-order valence-electron chi connectivity index (χ1n) is 4.58. The van der Waals surface area contributed by atoms with Crippen LogP contribution < -0.4 is 4.18 Å². The van der Waals surface area contributed by atoms with Crippen LogP contribution in [0.15, 0.2) is 24.3 Å². The molecule has 0 heterocycles. The quantitative estimate of drug-likeness (QED) is 0.614. The second-order valence-corrected chi connectivity index (χ2v) is 4.94. The van der Waals surface area contributed by atoms with Crippen molar-refractivity contribution in [1.29, 1.82) is 0 Å². The molecule has 0 bridgehead atoms. The van der Waals surface area contributed by atoms with Gasteiger partial charge in [0.15, 0.2) is 11.5 Å². The monoisotopic (exact) mass is 278 g/mol.